The maximum Gasteiger partial charge on any atom is 0.224 e. The van der Waals surface area contributed by atoms with Crippen LogP contribution in [0, 0.1) is 6.92 Å². The van der Waals surface area contributed by atoms with E-state index in [-0.39, 0.29) is 5.91 Å². The monoisotopic (exact) mass is 245 g/mol. The number of anilines is 1. The molecule has 0 saturated carbocycles. The Hall–Kier alpha value is -0.730. The minimum atomic E-state index is -0.0631. The summed E-state index contributed by atoms with van der Waals surface area (Å²) in [5.41, 5.74) is 1.41. The smallest absolute Gasteiger partial charge is 0.224 e. The highest BCUT2D eigenvalue weighted by atomic mass is 35.5. The molecule has 4 heteroatoms. The lowest BCUT2D eigenvalue weighted by Gasteiger charge is -2.10. The number of aryl methyl sites for hydroxylation is 1. The maximum atomic E-state index is 11.4. The summed E-state index contributed by atoms with van der Waals surface area (Å²) in [6.45, 7) is 3.81. The zero-order chi connectivity index (χ0) is 11.4. The van der Waals surface area contributed by atoms with Gasteiger partial charge in [0.05, 0.1) is 15.7 Å². The zero-order valence-electron chi connectivity index (χ0n) is 8.73. The molecule has 0 fully saturated rings. The van der Waals surface area contributed by atoms with Crippen LogP contribution in [-0.2, 0) is 4.79 Å². The molecule has 0 radical (unpaired) electrons. The van der Waals surface area contributed by atoms with Gasteiger partial charge in [0.2, 0.25) is 5.91 Å². The van der Waals surface area contributed by atoms with Crippen LogP contribution in [0.3, 0.4) is 0 Å². The largest absolute Gasteiger partial charge is 0.324 e. The van der Waals surface area contributed by atoms with Crippen molar-refractivity contribution in [3.8, 4) is 0 Å². The molecular weight excluding hydrogens is 233 g/mol. The summed E-state index contributed by atoms with van der Waals surface area (Å²) in [5.74, 6) is -0.0631. The Balaban J connectivity index is 2.93. The van der Waals surface area contributed by atoms with Crippen LogP contribution in [0.25, 0.3) is 0 Å². The van der Waals surface area contributed by atoms with E-state index in [0.717, 1.165) is 12.0 Å². The van der Waals surface area contributed by atoms with Crippen LogP contribution in [0.5, 0.6) is 0 Å². The van der Waals surface area contributed by atoms with Crippen molar-refractivity contribution >= 4 is 34.8 Å². The van der Waals surface area contributed by atoms with Crippen molar-refractivity contribution in [1.29, 1.82) is 0 Å². The fraction of sp³-hybridized carbons (Fsp3) is 0.364. The summed E-state index contributed by atoms with van der Waals surface area (Å²) in [5, 5.41) is 3.69. The maximum absolute atomic E-state index is 11.4. The topological polar surface area (TPSA) is 29.1 Å². The third kappa shape index (κ3) is 3.11. The van der Waals surface area contributed by atoms with Gasteiger partial charge in [0.15, 0.2) is 0 Å². The Morgan fingerprint density at radius 1 is 1.40 bits per heavy atom. The molecule has 0 aliphatic heterocycles. The van der Waals surface area contributed by atoms with Crippen LogP contribution in [0.15, 0.2) is 12.1 Å². The van der Waals surface area contributed by atoms with E-state index in [2.05, 4.69) is 5.32 Å². The SMILES string of the molecule is CCCC(=O)Nc1c(Cl)ccc(C)c1Cl. The van der Waals surface area contributed by atoms with Crippen molar-refractivity contribution in [1.82, 2.24) is 0 Å². The van der Waals surface area contributed by atoms with Gasteiger partial charge >= 0.3 is 0 Å². The number of halogens is 2. The van der Waals surface area contributed by atoms with E-state index in [1.165, 1.54) is 0 Å². The summed E-state index contributed by atoms with van der Waals surface area (Å²) in [7, 11) is 0. The molecule has 1 aromatic carbocycles. The van der Waals surface area contributed by atoms with E-state index >= 15 is 0 Å². The first-order valence-electron chi connectivity index (χ1n) is 4.80. The summed E-state index contributed by atoms with van der Waals surface area (Å²) in [6, 6.07) is 3.55. The molecule has 0 unspecified atom stereocenters. The van der Waals surface area contributed by atoms with E-state index in [0.29, 0.717) is 22.2 Å². The molecule has 2 nitrogen and oxygen atoms in total. The predicted molar refractivity (Wildman–Crippen MR) is 64.7 cm³/mol. The second kappa shape index (κ2) is 5.38. The van der Waals surface area contributed by atoms with E-state index in [4.69, 9.17) is 23.2 Å². The Morgan fingerprint density at radius 2 is 2.07 bits per heavy atom. The minimum Gasteiger partial charge on any atom is -0.324 e. The molecule has 0 spiro atoms. The van der Waals surface area contributed by atoms with Gasteiger partial charge in [-0.2, -0.15) is 0 Å². The average molecular weight is 246 g/mol. The minimum absolute atomic E-state index is 0.0631. The molecule has 1 aromatic rings. The van der Waals surface area contributed by atoms with Gasteiger partial charge in [-0.15, -0.1) is 0 Å². The first-order valence-corrected chi connectivity index (χ1v) is 5.56. The van der Waals surface area contributed by atoms with Crippen LogP contribution >= 0.6 is 23.2 Å². The number of carbonyl (C=O) groups excluding carboxylic acids is 1. The number of hydrogen-bond acceptors (Lipinski definition) is 1. The third-order valence-electron chi connectivity index (χ3n) is 2.03. The second-order valence-electron chi connectivity index (χ2n) is 3.35. The number of hydrogen-bond donors (Lipinski definition) is 1. The number of nitrogens with one attached hydrogen (secondary N) is 1. The Morgan fingerprint density at radius 3 is 2.67 bits per heavy atom. The Bertz CT molecular complexity index is 377. The summed E-state index contributed by atoms with van der Waals surface area (Å²) < 4.78 is 0. The van der Waals surface area contributed by atoms with Crippen molar-refractivity contribution in [2.45, 2.75) is 26.7 Å². The number of amides is 1. The van der Waals surface area contributed by atoms with Crippen LogP contribution in [0.1, 0.15) is 25.3 Å². The fourth-order valence-corrected chi connectivity index (χ4v) is 1.67. The molecule has 0 saturated heterocycles. The number of rotatable bonds is 3. The Kier molecular flexibility index (Phi) is 4.43. The summed E-state index contributed by atoms with van der Waals surface area (Å²) in [6.07, 6.45) is 1.27. The highest BCUT2D eigenvalue weighted by Gasteiger charge is 2.10. The molecule has 1 N–H and O–H groups in total. The second-order valence-corrected chi connectivity index (χ2v) is 4.14. The van der Waals surface area contributed by atoms with Crippen LogP contribution in [0.4, 0.5) is 5.69 Å². The molecule has 82 valence electrons. The number of benzene rings is 1. The lowest BCUT2D eigenvalue weighted by atomic mass is 10.2. The number of carbonyl (C=O) groups is 1. The first-order chi connectivity index (χ1) is 7.06. The quantitative estimate of drug-likeness (QED) is 0.856. The van der Waals surface area contributed by atoms with Crippen LogP contribution in [0.2, 0.25) is 10.0 Å². The van der Waals surface area contributed by atoms with Crippen LogP contribution in [-0.4, -0.2) is 5.91 Å². The standard InChI is InChI=1S/C11H13Cl2NO/c1-3-4-9(15)14-11-8(12)6-5-7(2)10(11)13/h5-6H,3-4H2,1-2H3,(H,14,15). The van der Waals surface area contributed by atoms with Crippen molar-refractivity contribution in [2.75, 3.05) is 5.32 Å². The molecule has 15 heavy (non-hydrogen) atoms. The summed E-state index contributed by atoms with van der Waals surface area (Å²) >= 11 is 12.0. The Labute approximate surface area is 99.6 Å². The highest BCUT2D eigenvalue weighted by Crippen LogP contribution is 2.32. The first kappa shape index (κ1) is 12.3. The molecule has 0 aromatic heterocycles. The molecule has 0 aliphatic rings. The average Bonchev–Trinajstić information content (AvgIpc) is 2.19. The highest BCUT2D eigenvalue weighted by molar-refractivity contribution is 6.40. The molecule has 1 amide bonds. The predicted octanol–water partition coefficient (Wildman–Crippen LogP) is 4.04. The van der Waals surface area contributed by atoms with E-state index < -0.39 is 0 Å². The van der Waals surface area contributed by atoms with Gasteiger partial charge in [0, 0.05) is 6.42 Å². The van der Waals surface area contributed by atoms with Gasteiger partial charge in [-0.25, -0.2) is 0 Å². The van der Waals surface area contributed by atoms with Crippen molar-refractivity contribution in [3.05, 3.63) is 27.7 Å². The summed E-state index contributed by atoms with van der Waals surface area (Å²) in [4.78, 5) is 11.4. The van der Waals surface area contributed by atoms with Crippen molar-refractivity contribution in [2.24, 2.45) is 0 Å². The van der Waals surface area contributed by atoms with Gasteiger partial charge in [-0.1, -0.05) is 36.2 Å². The lowest BCUT2D eigenvalue weighted by molar-refractivity contribution is -0.116. The van der Waals surface area contributed by atoms with Gasteiger partial charge in [0.1, 0.15) is 0 Å². The molecule has 0 heterocycles. The van der Waals surface area contributed by atoms with E-state index in [1.807, 2.05) is 19.9 Å². The van der Waals surface area contributed by atoms with Gasteiger partial charge < -0.3 is 5.32 Å². The van der Waals surface area contributed by atoms with E-state index in [1.54, 1.807) is 6.07 Å². The van der Waals surface area contributed by atoms with Crippen LogP contribution < -0.4 is 5.32 Å². The van der Waals surface area contributed by atoms with Gasteiger partial charge in [-0.05, 0) is 25.0 Å². The van der Waals surface area contributed by atoms with Crippen molar-refractivity contribution in [3.63, 3.8) is 0 Å². The normalized spacial score (nSPS) is 10.1. The molecule has 1 rings (SSSR count). The fourth-order valence-electron chi connectivity index (χ4n) is 1.20. The zero-order valence-corrected chi connectivity index (χ0v) is 10.2. The molecule has 0 aliphatic carbocycles. The molecular formula is C11H13Cl2NO. The lowest BCUT2D eigenvalue weighted by Crippen LogP contribution is -2.11. The van der Waals surface area contributed by atoms with E-state index in [9.17, 15) is 4.79 Å². The van der Waals surface area contributed by atoms with Gasteiger partial charge in [-0.3, -0.25) is 4.79 Å². The van der Waals surface area contributed by atoms with Gasteiger partial charge in [0.25, 0.3) is 0 Å². The third-order valence-corrected chi connectivity index (χ3v) is 2.83. The molecule has 0 bridgehead atoms. The molecule has 0 atom stereocenters. The van der Waals surface area contributed by atoms with Crippen molar-refractivity contribution < 1.29 is 4.79 Å².